The minimum Gasteiger partial charge on any atom is -0.347 e. The Kier molecular flexibility index (Phi) is 7.15. The fourth-order valence-electron chi connectivity index (χ4n) is 3.06. The summed E-state index contributed by atoms with van der Waals surface area (Å²) in [5.41, 5.74) is -0.274. The molecule has 0 bridgehead atoms. The Morgan fingerprint density at radius 2 is 2.15 bits per heavy atom. The number of likely N-dealkylation sites (N-methyl/N-ethyl adjacent to an activating group) is 1. The molecule has 27 heavy (non-hydrogen) atoms. The molecule has 11 heteroatoms. The topological polar surface area (TPSA) is 113 Å². The van der Waals surface area contributed by atoms with Crippen molar-refractivity contribution >= 4 is 33.2 Å². The largest absolute Gasteiger partial charge is 0.347 e. The van der Waals surface area contributed by atoms with Crippen molar-refractivity contribution in [3.8, 4) is 0 Å². The van der Waals surface area contributed by atoms with E-state index in [1.54, 1.807) is 19.0 Å². The molecule has 2 rings (SSSR count). The molecule has 1 aliphatic rings. The maximum atomic E-state index is 12.4. The van der Waals surface area contributed by atoms with E-state index in [4.69, 9.17) is 11.6 Å². The number of amides is 1. The molecule has 0 aliphatic carbocycles. The molecule has 1 fully saturated rings. The van der Waals surface area contributed by atoms with Crippen LogP contribution in [-0.4, -0.2) is 68.8 Å². The van der Waals surface area contributed by atoms with Gasteiger partial charge in [-0.15, -0.1) is 0 Å². The first kappa shape index (κ1) is 21.5. The highest BCUT2D eigenvalue weighted by Crippen LogP contribution is 2.26. The summed E-state index contributed by atoms with van der Waals surface area (Å²) in [5.74, 6) is 0.0609. The molecule has 150 valence electrons. The Labute approximate surface area is 163 Å². The van der Waals surface area contributed by atoms with Crippen LogP contribution in [0.4, 0.5) is 5.69 Å². The maximum Gasteiger partial charge on any atom is 0.271 e. The number of nitro groups is 1. The van der Waals surface area contributed by atoms with Crippen molar-refractivity contribution in [3.63, 3.8) is 0 Å². The molecule has 0 aromatic heterocycles. The van der Waals surface area contributed by atoms with Gasteiger partial charge in [-0.05, 0) is 31.9 Å². The quantitative estimate of drug-likeness (QED) is 0.388. The van der Waals surface area contributed by atoms with Gasteiger partial charge in [-0.2, -0.15) is 0 Å². The van der Waals surface area contributed by atoms with Gasteiger partial charge >= 0.3 is 0 Å². The second kappa shape index (κ2) is 8.96. The first-order valence-corrected chi connectivity index (χ1v) is 10.4. The molecular formula is C16H23ClN4O5S. The number of benzene rings is 1. The van der Waals surface area contributed by atoms with Gasteiger partial charge in [-0.1, -0.05) is 11.6 Å². The number of likely N-dealkylation sites (tertiary alicyclic amines) is 1. The van der Waals surface area contributed by atoms with Gasteiger partial charge in [-0.3, -0.25) is 19.8 Å². The summed E-state index contributed by atoms with van der Waals surface area (Å²) in [7, 11) is -0.424. The second-order valence-electron chi connectivity index (χ2n) is 6.55. The minimum atomic E-state index is -3.87. The highest BCUT2D eigenvalue weighted by Gasteiger charge is 2.31. The van der Waals surface area contributed by atoms with Crippen molar-refractivity contribution in [3.05, 3.63) is 33.3 Å². The first-order chi connectivity index (χ1) is 12.6. The molecule has 0 spiro atoms. The third-order valence-corrected chi connectivity index (χ3v) is 6.36. The molecule has 1 N–H and O–H groups in total. The lowest BCUT2D eigenvalue weighted by Gasteiger charge is -2.26. The van der Waals surface area contributed by atoms with Crippen LogP contribution in [0.1, 0.15) is 19.3 Å². The number of rotatable bonds is 8. The lowest BCUT2D eigenvalue weighted by Crippen LogP contribution is -2.43. The van der Waals surface area contributed by atoms with Crippen molar-refractivity contribution in [1.82, 2.24) is 14.5 Å². The smallest absolute Gasteiger partial charge is 0.271 e. The van der Waals surface area contributed by atoms with Crippen LogP contribution < -0.4 is 4.72 Å². The van der Waals surface area contributed by atoms with Gasteiger partial charge in [0.1, 0.15) is 4.90 Å². The summed E-state index contributed by atoms with van der Waals surface area (Å²) in [6.07, 6.45) is 2.27. The van der Waals surface area contributed by atoms with E-state index in [-0.39, 0.29) is 34.1 Å². The Morgan fingerprint density at radius 1 is 1.44 bits per heavy atom. The van der Waals surface area contributed by atoms with E-state index in [1.807, 2.05) is 0 Å². The van der Waals surface area contributed by atoms with Crippen molar-refractivity contribution in [2.24, 2.45) is 0 Å². The highest BCUT2D eigenvalue weighted by atomic mass is 35.5. The summed E-state index contributed by atoms with van der Waals surface area (Å²) in [6, 6.07) is 3.08. The molecule has 0 unspecified atom stereocenters. The molecule has 1 saturated heterocycles. The van der Waals surface area contributed by atoms with Crippen LogP contribution in [-0.2, 0) is 14.8 Å². The predicted molar refractivity (Wildman–Crippen MR) is 101 cm³/mol. The van der Waals surface area contributed by atoms with E-state index in [0.29, 0.717) is 13.0 Å². The third-order valence-electron chi connectivity index (χ3n) is 4.42. The molecule has 0 radical (unpaired) electrons. The molecule has 0 saturated carbocycles. The monoisotopic (exact) mass is 418 g/mol. The summed E-state index contributed by atoms with van der Waals surface area (Å²) in [5, 5.41) is 10.5. The van der Waals surface area contributed by atoms with E-state index in [9.17, 15) is 23.3 Å². The van der Waals surface area contributed by atoms with Crippen molar-refractivity contribution in [2.45, 2.75) is 30.2 Å². The van der Waals surface area contributed by atoms with E-state index in [0.717, 1.165) is 37.6 Å². The van der Waals surface area contributed by atoms with Crippen LogP contribution in [0.25, 0.3) is 0 Å². The first-order valence-electron chi connectivity index (χ1n) is 8.52. The van der Waals surface area contributed by atoms with Gasteiger partial charge in [-0.25, -0.2) is 13.1 Å². The number of nitro benzene ring substituents is 1. The number of hydrogen-bond donors (Lipinski definition) is 1. The number of sulfonamides is 1. The van der Waals surface area contributed by atoms with E-state index >= 15 is 0 Å². The predicted octanol–water partition coefficient (Wildman–Crippen LogP) is 1.47. The Morgan fingerprint density at radius 3 is 2.74 bits per heavy atom. The normalized spacial score (nSPS) is 17.8. The highest BCUT2D eigenvalue weighted by molar-refractivity contribution is 7.89. The van der Waals surface area contributed by atoms with Gasteiger partial charge in [0.25, 0.3) is 5.69 Å². The fraction of sp³-hybridized carbons (Fsp3) is 0.562. The summed E-state index contributed by atoms with van der Waals surface area (Å²) in [4.78, 5) is 25.7. The van der Waals surface area contributed by atoms with E-state index < -0.39 is 14.9 Å². The van der Waals surface area contributed by atoms with E-state index in [1.165, 1.54) is 0 Å². The second-order valence-corrected chi connectivity index (χ2v) is 8.69. The number of nitrogens with one attached hydrogen (secondary N) is 1. The van der Waals surface area contributed by atoms with Crippen LogP contribution in [0.3, 0.4) is 0 Å². The lowest BCUT2D eigenvalue weighted by molar-refractivity contribution is -0.384. The maximum absolute atomic E-state index is 12.4. The van der Waals surface area contributed by atoms with Crippen LogP contribution in [0.5, 0.6) is 0 Å². The van der Waals surface area contributed by atoms with Crippen molar-refractivity contribution in [1.29, 1.82) is 0 Å². The van der Waals surface area contributed by atoms with Gasteiger partial charge in [0.2, 0.25) is 15.9 Å². The van der Waals surface area contributed by atoms with Gasteiger partial charge in [0.15, 0.2) is 0 Å². The molecule has 1 amide bonds. The molecule has 1 atom stereocenters. The average molecular weight is 419 g/mol. The summed E-state index contributed by atoms with van der Waals surface area (Å²) < 4.78 is 27.2. The fourth-order valence-corrected chi connectivity index (χ4v) is 4.67. The number of halogens is 1. The zero-order chi connectivity index (χ0) is 20.2. The van der Waals surface area contributed by atoms with Gasteiger partial charge in [0, 0.05) is 39.3 Å². The van der Waals surface area contributed by atoms with Crippen LogP contribution >= 0.6 is 11.6 Å². The van der Waals surface area contributed by atoms with E-state index in [2.05, 4.69) is 9.62 Å². The standard InChI is InChI=1S/C16H23ClN4O5S/c1-19(2)16(22)14-5-3-9-20(14)10-4-8-18-27(25,26)15-7-6-12(21(23)24)11-13(15)17/h6-7,11,14,18H,3-5,8-10H2,1-2H3/t14-/m1/s1. The number of carbonyl (C=O) groups excluding carboxylic acids is 1. The van der Waals surface area contributed by atoms with Crippen LogP contribution in [0, 0.1) is 10.1 Å². The summed E-state index contributed by atoms with van der Waals surface area (Å²) >= 11 is 5.88. The Hall–Kier alpha value is -1.75. The lowest BCUT2D eigenvalue weighted by atomic mass is 10.2. The number of carbonyl (C=O) groups is 1. The zero-order valence-corrected chi connectivity index (χ0v) is 16.8. The SMILES string of the molecule is CN(C)C(=O)[C@H]1CCCN1CCCNS(=O)(=O)c1ccc([N+](=O)[O-])cc1Cl. The molecule has 9 nitrogen and oxygen atoms in total. The number of hydrogen-bond acceptors (Lipinski definition) is 6. The van der Waals surface area contributed by atoms with Crippen LogP contribution in [0.15, 0.2) is 23.1 Å². The minimum absolute atomic E-state index is 0.0609. The average Bonchev–Trinajstić information content (AvgIpc) is 3.05. The van der Waals surface area contributed by atoms with Gasteiger partial charge < -0.3 is 4.90 Å². The van der Waals surface area contributed by atoms with Gasteiger partial charge in [0.05, 0.1) is 16.0 Å². The van der Waals surface area contributed by atoms with Crippen molar-refractivity contribution in [2.75, 3.05) is 33.7 Å². The van der Waals surface area contributed by atoms with Crippen LogP contribution in [0.2, 0.25) is 5.02 Å². The molecule has 1 aliphatic heterocycles. The Balaban J connectivity index is 1.91. The number of nitrogens with zero attached hydrogens (tertiary/aromatic N) is 3. The molecule has 1 aromatic rings. The zero-order valence-electron chi connectivity index (χ0n) is 15.2. The molecule has 1 aromatic carbocycles. The Bertz CT molecular complexity index is 815. The number of non-ortho nitro benzene ring substituents is 1. The van der Waals surface area contributed by atoms with Crippen molar-refractivity contribution < 1.29 is 18.1 Å². The third kappa shape index (κ3) is 5.38. The summed E-state index contributed by atoms with van der Waals surface area (Å²) in [6.45, 7) is 1.58. The molecular weight excluding hydrogens is 396 g/mol. The molecule has 1 heterocycles.